The van der Waals surface area contributed by atoms with E-state index < -0.39 is 23.0 Å². The molecule has 0 aliphatic carbocycles. The van der Waals surface area contributed by atoms with E-state index in [2.05, 4.69) is 10.3 Å². The number of hydrogen-bond acceptors (Lipinski definition) is 6. The lowest BCUT2D eigenvalue weighted by Crippen LogP contribution is -2.34. The fraction of sp³-hybridized carbons (Fsp3) is 0.250. The van der Waals surface area contributed by atoms with E-state index in [1.807, 2.05) is 44.2 Å². The molecule has 0 radical (unpaired) electrons. The molecule has 0 saturated heterocycles. The van der Waals surface area contributed by atoms with E-state index in [0.29, 0.717) is 5.56 Å². The number of phenolic OH excluding ortho intramolecular Hbond substituents is 1. The average Bonchev–Trinajstić information content (AvgIpc) is 2.80. The van der Waals surface area contributed by atoms with Gasteiger partial charge in [-0.2, -0.15) is 9.37 Å². The van der Waals surface area contributed by atoms with Gasteiger partial charge in [0.15, 0.2) is 11.6 Å². The van der Waals surface area contributed by atoms with Crippen molar-refractivity contribution in [2.24, 2.45) is 0 Å². The summed E-state index contributed by atoms with van der Waals surface area (Å²) in [7, 11) is 0. The molecule has 3 aromatic rings. The third kappa shape index (κ3) is 6.28. The van der Waals surface area contributed by atoms with Crippen molar-refractivity contribution < 1.29 is 28.9 Å². The van der Waals surface area contributed by atoms with Crippen molar-refractivity contribution in [2.75, 3.05) is 11.9 Å². The van der Waals surface area contributed by atoms with E-state index in [1.165, 1.54) is 12.1 Å². The number of nitrogens with zero attached hydrogens (tertiary/aromatic N) is 1. The highest BCUT2D eigenvalue weighted by Crippen LogP contribution is 2.42. The number of phenols is 1. The minimum Gasteiger partial charge on any atom is -0.508 e. The zero-order chi connectivity index (χ0) is 24.8. The van der Waals surface area contributed by atoms with Crippen LogP contribution in [0.5, 0.6) is 17.2 Å². The van der Waals surface area contributed by atoms with Crippen LogP contribution in [0, 0.1) is 5.95 Å². The van der Waals surface area contributed by atoms with Crippen LogP contribution in [-0.2, 0) is 16.1 Å². The monoisotopic (exact) mass is 508 g/mol. The van der Waals surface area contributed by atoms with Crippen LogP contribution in [0.15, 0.2) is 48.5 Å². The minimum absolute atomic E-state index is 0.00638. The summed E-state index contributed by atoms with van der Waals surface area (Å²) in [6.07, 6.45) is 0. The van der Waals surface area contributed by atoms with Gasteiger partial charge < -0.3 is 25.0 Å². The molecule has 0 bridgehead atoms. The molecule has 0 saturated carbocycles. The number of nitrogens with one attached hydrogen (secondary N) is 1. The van der Waals surface area contributed by atoms with Gasteiger partial charge in [-0.15, -0.1) is 0 Å². The summed E-state index contributed by atoms with van der Waals surface area (Å²) >= 11 is 12.4. The van der Waals surface area contributed by atoms with Crippen LogP contribution in [-0.4, -0.2) is 33.8 Å². The Morgan fingerprint density at radius 3 is 2.50 bits per heavy atom. The number of anilines is 1. The van der Waals surface area contributed by atoms with Gasteiger partial charge >= 0.3 is 5.97 Å². The van der Waals surface area contributed by atoms with Crippen LogP contribution in [0.25, 0.3) is 0 Å². The molecule has 0 aliphatic rings. The van der Waals surface area contributed by atoms with Gasteiger partial charge in [0, 0.05) is 5.56 Å². The molecule has 1 unspecified atom stereocenters. The summed E-state index contributed by atoms with van der Waals surface area (Å²) in [5.74, 6) is -2.52. The van der Waals surface area contributed by atoms with Gasteiger partial charge in [-0.1, -0.05) is 67.4 Å². The van der Waals surface area contributed by atoms with Crippen LogP contribution in [0.2, 0.25) is 10.0 Å². The number of hydrogen-bond donors (Lipinski definition) is 3. The van der Waals surface area contributed by atoms with Gasteiger partial charge in [0.05, 0.1) is 13.2 Å². The van der Waals surface area contributed by atoms with Gasteiger partial charge in [0.25, 0.3) is 0 Å². The molecule has 3 N–H and O–H groups in total. The number of carboxylic acid groups (broad SMARTS) is 1. The Balaban J connectivity index is 1.81. The Labute approximate surface area is 206 Å². The average molecular weight is 509 g/mol. The highest BCUT2D eigenvalue weighted by atomic mass is 35.5. The number of benzene rings is 2. The topological polar surface area (TPSA) is 101 Å². The van der Waals surface area contributed by atoms with Gasteiger partial charge in [-0.25, -0.2) is 4.79 Å². The molecule has 2 aromatic carbocycles. The van der Waals surface area contributed by atoms with Crippen LogP contribution in [0.1, 0.15) is 30.9 Å². The summed E-state index contributed by atoms with van der Waals surface area (Å²) in [5, 5.41) is 21.5. The van der Waals surface area contributed by atoms with Crippen LogP contribution < -0.4 is 10.1 Å². The maximum Gasteiger partial charge on any atom is 0.328 e. The molecule has 7 nitrogen and oxygen atoms in total. The quantitative estimate of drug-likeness (QED) is 0.279. The maximum atomic E-state index is 14.5. The molecule has 0 aliphatic heterocycles. The third-order valence-electron chi connectivity index (χ3n) is 4.84. The van der Waals surface area contributed by atoms with E-state index in [1.54, 1.807) is 6.07 Å². The van der Waals surface area contributed by atoms with Crippen LogP contribution in [0.3, 0.4) is 0 Å². The number of aromatic hydroxyl groups is 1. The molecular weight excluding hydrogens is 486 g/mol. The number of carboxylic acids is 1. The van der Waals surface area contributed by atoms with Crippen molar-refractivity contribution in [3.63, 3.8) is 0 Å². The highest BCUT2D eigenvalue weighted by Gasteiger charge is 2.25. The van der Waals surface area contributed by atoms with Crippen molar-refractivity contribution >= 4 is 35.0 Å². The molecular formula is C24H23Cl2FN2O5. The molecule has 0 spiro atoms. The number of rotatable bonds is 10. The molecule has 1 aromatic heterocycles. The number of carbonyl (C=O) groups is 1. The van der Waals surface area contributed by atoms with Crippen molar-refractivity contribution in [3.05, 3.63) is 75.7 Å². The SMILES string of the molecule is CC(C)c1cc(Oc2c(Cl)c(F)nc(NC(COCc3ccccc3)C(=O)O)c2Cl)ccc1O. The van der Waals surface area contributed by atoms with Gasteiger partial charge in [0.2, 0.25) is 5.95 Å². The zero-order valence-electron chi connectivity index (χ0n) is 18.4. The lowest BCUT2D eigenvalue weighted by atomic mass is 10.0. The van der Waals surface area contributed by atoms with E-state index in [-0.39, 0.29) is 47.2 Å². The Kier molecular flexibility index (Phi) is 8.55. The summed E-state index contributed by atoms with van der Waals surface area (Å²) < 4.78 is 25.7. The Hall–Kier alpha value is -3.07. The molecule has 0 amide bonds. The van der Waals surface area contributed by atoms with E-state index in [9.17, 15) is 19.4 Å². The lowest BCUT2D eigenvalue weighted by molar-refractivity contribution is -0.139. The summed E-state index contributed by atoms with van der Waals surface area (Å²) in [6.45, 7) is 3.73. The standard InChI is InChI=1S/C24H23Cl2FN2O5/c1-13(2)16-10-15(8-9-18(16)30)34-21-19(25)22(27)29-23(20(21)26)28-17(24(31)32)12-33-11-14-6-4-3-5-7-14/h3-10,13,17,30H,11-12H2,1-2H3,(H,28,29)(H,31,32). The number of aromatic nitrogens is 1. The van der Waals surface area contributed by atoms with Crippen molar-refractivity contribution in [3.8, 4) is 17.2 Å². The molecule has 180 valence electrons. The van der Waals surface area contributed by atoms with Crippen molar-refractivity contribution in [1.82, 2.24) is 4.98 Å². The van der Waals surface area contributed by atoms with Gasteiger partial charge in [0.1, 0.15) is 27.6 Å². The zero-order valence-corrected chi connectivity index (χ0v) is 19.9. The number of ether oxygens (including phenoxy) is 2. The minimum atomic E-state index is -1.27. The molecule has 1 heterocycles. The Morgan fingerprint density at radius 1 is 1.15 bits per heavy atom. The summed E-state index contributed by atoms with van der Waals surface area (Å²) in [6, 6.07) is 12.4. The normalized spacial score (nSPS) is 11.9. The third-order valence-corrected chi connectivity index (χ3v) is 5.52. The molecule has 3 rings (SSSR count). The van der Waals surface area contributed by atoms with Crippen LogP contribution in [0.4, 0.5) is 10.2 Å². The van der Waals surface area contributed by atoms with E-state index in [0.717, 1.165) is 5.56 Å². The maximum absolute atomic E-state index is 14.5. The fourth-order valence-electron chi connectivity index (χ4n) is 3.06. The molecule has 34 heavy (non-hydrogen) atoms. The first kappa shape index (κ1) is 25.6. The van der Waals surface area contributed by atoms with Gasteiger partial charge in [-0.3, -0.25) is 0 Å². The number of pyridine rings is 1. The largest absolute Gasteiger partial charge is 0.508 e. The smallest absolute Gasteiger partial charge is 0.328 e. The predicted molar refractivity (Wildman–Crippen MR) is 128 cm³/mol. The molecule has 10 heteroatoms. The Bertz CT molecular complexity index is 1160. The second-order valence-electron chi connectivity index (χ2n) is 7.72. The van der Waals surface area contributed by atoms with Crippen molar-refractivity contribution in [1.29, 1.82) is 0 Å². The first-order valence-electron chi connectivity index (χ1n) is 10.3. The molecule has 0 fully saturated rings. The Morgan fingerprint density at radius 2 is 1.85 bits per heavy atom. The lowest BCUT2D eigenvalue weighted by Gasteiger charge is -2.19. The summed E-state index contributed by atoms with van der Waals surface area (Å²) in [5.41, 5.74) is 1.48. The first-order chi connectivity index (χ1) is 16.2. The highest BCUT2D eigenvalue weighted by molar-refractivity contribution is 6.38. The van der Waals surface area contributed by atoms with E-state index >= 15 is 0 Å². The van der Waals surface area contributed by atoms with Gasteiger partial charge in [-0.05, 0) is 29.7 Å². The van der Waals surface area contributed by atoms with Crippen LogP contribution >= 0.6 is 23.2 Å². The van der Waals surface area contributed by atoms with Crippen molar-refractivity contribution in [2.45, 2.75) is 32.4 Å². The molecule has 1 atom stereocenters. The summed E-state index contributed by atoms with van der Waals surface area (Å²) in [4.78, 5) is 15.4. The van der Waals surface area contributed by atoms with E-state index in [4.69, 9.17) is 32.7 Å². The number of aliphatic carboxylic acids is 1. The second kappa shape index (κ2) is 11.4. The predicted octanol–water partition coefficient (Wildman–Crippen LogP) is 6.23. The number of halogens is 3. The fourth-order valence-corrected chi connectivity index (χ4v) is 3.52. The second-order valence-corrected chi connectivity index (χ2v) is 8.48. The first-order valence-corrected chi connectivity index (χ1v) is 11.1.